The minimum absolute atomic E-state index is 0.241. The number of imidazole rings is 1. The van der Waals surface area contributed by atoms with Crippen LogP contribution in [0.2, 0.25) is 0 Å². The number of aliphatic hydroxyl groups excluding tert-OH is 1. The first-order valence-corrected chi connectivity index (χ1v) is 8.64. The third kappa shape index (κ3) is 2.33. The number of nitrogens with zero attached hydrogens (tertiary/aromatic N) is 2. The van der Waals surface area contributed by atoms with Gasteiger partial charge in [-0.2, -0.15) is 0 Å². The Kier molecular flexibility index (Phi) is 3.31. The van der Waals surface area contributed by atoms with E-state index in [9.17, 15) is 5.11 Å². The van der Waals surface area contributed by atoms with Crippen molar-refractivity contribution >= 4 is 17.0 Å². The van der Waals surface area contributed by atoms with E-state index in [0.717, 1.165) is 42.3 Å². The molecule has 0 saturated heterocycles. The Labute approximate surface area is 145 Å². The van der Waals surface area contributed by atoms with Crippen molar-refractivity contribution < 1.29 is 19.1 Å². The molecule has 0 amide bonds. The minimum atomic E-state index is -0.626. The van der Waals surface area contributed by atoms with Crippen LogP contribution in [0.15, 0.2) is 42.5 Å². The van der Waals surface area contributed by atoms with E-state index in [1.807, 2.05) is 24.3 Å². The lowest BCUT2D eigenvalue weighted by Gasteiger charge is -2.14. The Morgan fingerprint density at radius 3 is 3.00 bits per heavy atom. The summed E-state index contributed by atoms with van der Waals surface area (Å²) in [5, 5.41) is 14.3. The number of aryl methyl sites for hydroxylation is 1. The maximum Gasteiger partial charge on any atom is 0.358 e. The van der Waals surface area contributed by atoms with Crippen LogP contribution in [-0.4, -0.2) is 23.0 Å². The molecule has 3 heterocycles. The van der Waals surface area contributed by atoms with Gasteiger partial charge in [-0.1, -0.05) is 18.2 Å². The number of nitrogens with one attached hydrogen (secondary N) is 1. The second kappa shape index (κ2) is 5.67. The number of rotatable bonds is 3. The summed E-state index contributed by atoms with van der Waals surface area (Å²) in [5.41, 5.74) is 3.16. The van der Waals surface area contributed by atoms with Crippen molar-refractivity contribution in [1.29, 1.82) is 0 Å². The van der Waals surface area contributed by atoms with Crippen LogP contribution in [0.1, 0.15) is 18.1 Å². The van der Waals surface area contributed by atoms with Crippen LogP contribution < -0.4 is 19.4 Å². The quantitative estimate of drug-likeness (QED) is 0.719. The Bertz CT molecular complexity index is 950. The summed E-state index contributed by atoms with van der Waals surface area (Å²) in [6.45, 7) is 2.67. The van der Waals surface area contributed by atoms with Crippen molar-refractivity contribution in [3.8, 4) is 11.5 Å². The van der Waals surface area contributed by atoms with Gasteiger partial charge in [-0.3, -0.25) is 5.32 Å². The van der Waals surface area contributed by atoms with Crippen molar-refractivity contribution in [3.63, 3.8) is 0 Å². The SMILES string of the molecule is O[C@@H](Cn1c2[n+](c3ccccc31)CCCN2)c1ccc2c(c1)OCO2. The van der Waals surface area contributed by atoms with E-state index in [0.29, 0.717) is 12.3 Å². The van der Waals surface area contributed by atoms with Gasteiger partial charge in [0.15, 0.2) is 11.5 Å². The summed E-state index contributed by atoms with van der Waals surface area (Å²) in [4.78, 5) is 0. The Morgan fingerprint density at radius 2 is 2.04 bits per heavy atom. The molecule has 3 aromatic rings. The van der Waals surface area contributed by atoms with Gasteiger partial charge in [0.1, 0.15) is 23.7 Å². The second-order valence-corrected chi connectivity index (χ2v) is 6.48. The molecular weight excluding hydrogens is 318 g/mol. The van der Waals surface area contributed by atoms with Gasteiger partial charge in [-0.05, 0) is 29.8 Å². The van der Waals surface area contributed by atoms with Crippen LogP contribution >= 0.6 is 0 Å². The number of hydrogen-bond acceptors (Lipinski definition) is 4. The average Bonchev–Trinajstić information content (AvgIpc) is 3.25. The third-order valence-electron chi connectivity index (χ3n) is 4.95. The van der Waals surface area contributed by atoms with Crippen LogP contribution in [0.4, 0.5) is 5.95 Å². The van der Waals surface area contributed by atoms with Gasteiger partial charge in [-0.15, -0.1) is 0 Å². The molecule has 1 aromatic heterocycles. The van der Waals surface area contributed by atoms with E-state index in [2.05, 4.69) is 32.7 Å². The molecule has 0 unspecified atom stereocenters. The third-order valence-corrected chi connectivity index (χ3v) is 4.95. The lowest BCUT2D eigenvalue weighted by Crippen LogP contribution is -2.42. The zero-order chi connectivity index (χ0) is 16.8. The molecular formula is C19H20N3O3+. The van der Waals surface area contributed by atoms with Gasteiger partial charge in [0, 0.05) is 6.42 Å². The predicted octanol–water partition coefficient (Wildman–Crippen LogP) is 2.21. The molecule has 0 saturated carbocycles. The van der Waals surface area contributed by atoms with Gasteiger partial charge >= 0.3 is 5.95 Å². The molecule has 1 atom stereocenters. The number of aliphatic hydroxyl groups is 1. The Balaban J connectivity index is 1.53. The van der Waals surface area contributed by atoms with Gasteiger partial charge in [0.25, 0.3) is 0 Å². The number of benzene rings is 2. The summed E-state index contributed by atoms with van der Waals surface area (Å²) in [5.74, 6) is 2.49. The van der Waals surface area contributed by atoms with E-state index in [1.54, 1.807) is 0 Å². The van der Waals surface area contributed by atoms with E-state index in [4.69, 9.17) is 9.47 Å². The first-order chi connectivity index (χ1) is 12.3. The van der Waals surface area contributed by atoms with Crippen molar-refractivity contribution in [2.75, 3.05) is 18.7 Å². The fourth-order valence-corrected chi connectivity index (χ4v) is 3.73. The Hall–Kier alpha value is -2.73. The van der Waals surface area contributed by atoms with E-state index in [1.165, 1.54) is 5.52 Å². The Morgan fingerprint density at radius 1 is 1.16 bits per heavy atom. The highest BCUT2D eigenvalue weighted by Crippen LogP contribution is 2.35. The van der Waals surface area contributed by atoms with E-state index >= 15 is 0 Å². The predicted molar refractivity (Wildman–Crippen MR) is 92.8 cm³/mol. The van der Waals surface area contributed by atoms with Crippen LogP contribution in [0.3, 0.4) is 0 Å². The fraction of sp³-hybridized carbons (Fsp3) is 0.316. The summed E-state index contributed by atoms with van der Waals surface area (Å²) in [6.07, 6.45) is 0.481. The average molecular weight is 338 g/mol. The molecule has 0 spiro atoms. The maximum atomic E-state index is 10.8. The maximum absolute atomic E-state index is 10.8. The number of ether oxygens (including phenoxy) is 2. The monoisotopic (exact) mass is 338 g/mol. The largest absolute Gasteiger partial charge is 0.454 e. The van der Waals surface area contributed by atoms with Crippen LogP contribution in [0, 0.1) is 0 Å². The standard InChI is InChI=1S/C19H19N3O3/c23-16(13-6-7-17-18(10-13)25-12-24-17)11-22-15-5-2-1-4-14(15)21-9-3-8-20-19(21)22/h1-2,4-7,10,16,23H,3,8-9,11-12H2/p+1/t16-/m0/s1. The molecule has 2 aliphatic heterocycles. The number of fused-ring (bicyclic) bond motifs is 4. The van der Waals surface area contributed by atoms with Gasteiger partial charge < -0.3 is 14.6 Å². The molecule has 2 aliphatic rings. The topological polar surface area (TPSA) is 59.5 Å². The van der Waals surface area contributed by atoms with Crippen molar-refractivity contribution in [2.24, 2.45) is 0 Å². The number of aromatic nitrogens is 2. The molecule has 0 aliphatic carbocycles. The van der Waals surface area contributed by atoms with Crippen molar-refractivity contribution in [1.82, 2.24) is 4.57 Å². The minimum Gasteiger partial charge on any atom is -0.454 e. The van der Waals surface area contributed by atoms with E-state index in [-0.39, 0.29) is 6.79 Å². The zero-order valence-corrected chi connectivity index (χ0v) is 13.8. The molecule has 0 radical (unpaired) electrons. The zero-order valence-electron chi connectivity index (χ0n) is 13.8. The molecule has 25 heavy (non-hydrogen) atoms. The summed E-state index contributed by atoms with van der Waals surface area (Å²) in [6, 6.07) is 14.0. The van der Waals surface area contributed by atoms with Crippen LogP contribution in [-0.2, 0) is 13.1 Å². The smallest absolute Gasteiger partial charge is 0.358 e. The van der Waals surface area contributed by atoms with Crippen LogP contribution in [0.5, 0.6) is 11.5 Å². The highest BCUT2D eigenvalue weighted by Gasteiger charge is 2.28. The second-order valence-electron chi connectivity index (χ2n) is 6.48. The van der Waals surface area contributed by atoms with Gasteiger partial charge in [0.05, 0.1) is 13.1 Å². The molecule has 2 N–H and O–H groups in total. The molecule has 6 heteroatoms. The van der Waals surface area contributed by atoms with Crippen LogP contribution in [0.25, 0.3) is 11.0 Å². The fourth-order valence-electron chi connectivity index (χ4n) is 3.73. The van der Waals surface area contributed by atoms with E-state index < -0.39 is 6.10 Å². The lowest BCUT2D eigenvalue weighted by atomic mass is 10.1. The summed E-state index contributed by atoms with van der Waals surface area (Å²) < 4.78 is 15.2. The number of anilines is 1. The molecule has 6 nitrogen and oxygen atoms in total. The molecule has 2 aromatic carbocycles. The highest BCUT2D eigenvalue weighted by molar-refractivity contribution is 5.74. The first kappa shape index (κ1) is 14.6. The molecule has 0 bridgehead atoms. The first-order valence-electron chi connectivity index (χ1n) is 8.64. The molecule has 5 rings (SSSR count). The summed E-state index contributed by atoms with van der Waals surface area (Å²) >= 11 is 0. The lowest BCUT2D eigenvalue weighted by molar-refractivity contribution is -0.661. The molecule has 128 valence electrons. The van der Waals surface area contributed by atoms with Crippen molar-refractivity contribution in [2.45, 2.75) is 25.6 Å². The molecule has 0 fully saturated rings. The number of hydrogen-bond donors (Lipinski definition) is 2. The summed E-state index contributed by atoms with van der Waals surface area (Å²) in [7, 11) is 0. The normalized spacial score (nSPS) is 16.5. The van der Waals surface area contributed by atoms with Crippen molar-refractivity contribution in [3.05, 3.63) is 48.0 Å². The number of para-hydroxylation sites is 2. The van der Waals surface area contributed by atoms with Gasteiger partial charge in [0.2, 0.25) is 6.79 Å². The highest BCUT2D eigenvalue weighted by atomic mass is 16.7. The van der Waals surface area contributed by atoms with Gasteiger partial charge in [-0.25, -0.2) is 9.13 Å².